The summed E-state index contributed by atoms with van der Waals surface area (Å²) in [5.74, 6) is 0.412. The molecule has 6 heteroatoms. The molecule has 0 atom stereocenters. The highest BCUT2D eigenvalue weighted by Crippen LogP contribution is 2.40. The minimum atomic E-state index is 0.0650. The van der Waals surface area contributed by atoms with E-state index in [0.717, 1.165) is 48.3 Å². The molecule has 1 fully saturated rings. The second-order valence-electron chi connectivity index (χ2n) is 6.82. The molecule has 0 spiro atoms. The Morgan fingerprint density at radius 3 is 2.41 bits per heavy atom. The number of aromatic nitrogens is 3. The summed E-state index contributed by atoms with van der Waals surface area (Å²) in [5, 5.41) is 18.7. The van der Waals surface area contributed by atoms with Crippen molar-refractivity contribution in [2.45, 2.75) is 25.3 Å². The van der Waals surface area contributed by atoms with Crippen LogP contribution in [-0.2, 0) is 6.54 Å². The van der Waals surface area contributed by atoms with Crippen molar-refractivity contribution in [3.05, 3.63) is 59.5 Å². The van der Waals surface area contributed by atoms with Gasteiger partial charge in [-0.2, -0.15) is 5.10 Å². The fraction of sp³-hybridized carbons (Fsp3) is 0.333. The molecule has 1 aromatic carbocycles. The van der Waals surface area contributed by atoms with Crippen LogP contribution in [0.2, 0.25) is 5.02 Å². The molecule has 3 aromatic rings. The van der Waals surface area contributed by atoms with E-state index in [2.05, 4.69) is 10.3 Å². The van der Waals surface area contributed by atoms with Crippen LogP contribution in [0.25, 0.3) is 22.4 Å². The van der Waals surface area contributed by atoms with Gasteiger partial charge in [-0.3, -0.25) is 9.67 Å². The van der Waals surface area contributed by atoms with E-state index in [1.165, 1.54) is 5.69 Å². The van der Waals surface area contributed by atoms with Crippen molar-refractivity contribution in [1.29, 1.82) is 0 Å². The van der Waals surface area contributed by atoms with Gasteiger partial charge in [-0.15, -0.1) is 0 Å². The Kier molecular flexibility index (Phi) is 5.53. The summed E-state index contributed by atoms with van der Waals surface area (Å²) >= 11 is 6.09. The van der Waals surface area contributed by atoms with Crippen molar-refractivity contribution >= 4 is 11.6 Å². The number of hydrogen-bond acceptors (Lipinski definition) is 4. The van der Waals surface area contributed by atoms with Crippen molar-refractivity contribution in [3.8, 4) is 22.4 Å². The molecule has 0 saturated carbocycles. The van der Waals surface area contributed by atoms with Crippen LogP contribution < -0.4 is 5.32 Å². The molecule has 4 rings (SSSR count). The van der Waals surface area contributed by atoms with E-state index in [0.29, 0.717) is 17.5 Å². The number of piperidine rings is 1. The fourth-order valence-electron chi connectivity index (χ4n) is 3.86. The Morgan fingerprint density at radius 1 is 1.04 bits per heavy atom. The molecule has 0 bridgehead atoms. The van der Waals surface area contributed by atoms with Crippen LogP contribution in [0.4, 0.5) is 0 Å². The minimum absolute atomic E-state index is 0.0650. The maximum Gasteiger partial charge on any atom is 0.100 e. The fourth-order valence-corrected chi connectivity index (χ4v) is 3.99. The summed E-state index contributed by atoms with van der Waals surface area (Å²) < 4.78 is 2.00. The van der Waals surface area contributed by atoms with Crippen molar-refractivity contribution in [1.82, 2.24) is 20.1 Å². The Morgan fingerprint density at radius 2 is 1.74 bits per heavy atom. The molecule has 140 valence electrons. The summed E-state index contributed by atoms with van der Waals surface area (Å²) in [6.07, 6.45) is 5.76. The largest absolute Gasteiger partial charge is 0.394 e. The molecule has 1 aliphatic rings. The second-order valence-corrected chi connectivity index (χ2v) is 7.26. The highest BCUT2D eigenvalue weighted by Gasteiger charge is 2.27. The van der Waals surface area contributed by atoms with Crippen LogP contribution in [0, 0.1) is 0 Å². The first-order valence-corrected chi connectivity index (χ1v) is 9.74. The first-order chi connectivity index (χ1) is 13.3. The molecular formula is C21H23ClN4O. The molecule has 1 saturated heterocycles. The Hall–Kier alpha value is -2.21. The van der Waals surface area contributed by atoms with Gasteiger partial charge in [-0.25, -0.2) is 0 Å². The van der Waals surface area contributed by atoms with Gasteiger partial charge in [0.05, 0.1) is 18.8 Å². The van der Waals surface area contributed by atoms with Crippen molar-refractivity contribution in [2.24, 2.45) is 0 Å². The Balaban J connectivity index is 1.93. The van der Waals surface area contributed by atoms with Gasteiger partial charge in [0.15, 0.2) is 0 Å². The van der Waals surface area contributed by atoms with Gasteiger partial charge in [0.1, 0.15) is 5.69 Å². The van der Waals surface area contributed by atoms with Gasteiger partial charge in [0, 0.05) is 34.5 Å². The summed E-state index contributed by atoms with van der Waals surface area (Å²) in [4.78, 5) is 4.18. The first kappa shape index (κ1) is 18.2. The Labute approximate surface area is 164 Å². The number of hydrogen-bond donors (Lipinski definition) is 2. The van der Waals surface area contributed by atoms with E-state index in [9.17, 15) is 5.11 Å². The third-order valence-electron chi connectivity index (χ3n) is 5.12. The first-order valence-electron chi connectivity index (χ1n) is 9.36. The predicted octanol–water partition coefficient (Wildman–Crippen LogP) is 3.72. The van der Waals surface area contributed by atoms with Gasteiger partial charge >= 0.3 is 0 Å². The quantitative estimate of drug-likeness (QED) is 0.705. The smallest absolute Gasteiger partial charge is 0.100 e. The summed E-state index contributed by atoms with van der Waals surface area (Å²) in [6, 6.07) is 11.9. The molecule has 0 amide bonds. The van der Waals surface area contributed by atoms with Gasteiger partial charge in [-0.05, 0) is 55.8 Å². The molecule has 5 nitrogen and oxygen atoms in total. The number of rotatable bonds is 5. The molecule has 2 aromatic heterocycles. The highest BCUT2D eigenvalue weighted by molar-refractivity contribution is 6.30. The number of nitrogens with one attached hydrogen (secondary N) is 1. The Bertz CT molecular complexity index is 887. The average molecular weight is 383 g/mol. The zero-order valence-electron chi connectivity index (χ0n) is 15.1. The number of aliphatic hydroxyl groups excluding tert-OH is 1. The zero-order chi connectivity index (χ0) is 18.6. The molecule has 1 aliphatic heterocycles. The number of halogens is 1. The van der Waals surface area contributed by atoms with Gasteiger partial charge in [0.25, 0.3) is 0 Å². The van der Waals surface area contributed by atoms with Crippen LogP contribution in [0.15, 0.2) is 48.8 Å². The maximum atomic E-state index is 9.62. The van der Waals surface area contributed by atoms with Crippen molar-refractivity contribution in [2.75, 3.05) is 19.7 Å². The van der Waals surface area contributed by atoms with Crippen LogP contribution in [0.5, 0.6) is 0 Å². The molecular weight excluding hydrogens is 360 g/mol. The third-order valence-corrected chi connectivity index (χ3v) is 5.37. The van der Waals surface area contributed by atoms with Crippen molar-refractivity contribution < 1.29 is 5.11 Å². The SMILES string of the molecule is OCCn1nc(-c2ccc(Cl)cc2)c(-c2ccncc2)c1C1CCNCC1. The summed E-state index contributed by atoms with van der Waals surface area (Å²) in [6.45, 7) is 2.56. The summed E-state index contributed by atoms with van der Waals surface area (Å²) in [5.41, 5.74) is 5.41. The molecule has 27 heavy (non-hydrogen) atoms. The average Bonchev–Trinajstić information content (AvgIpc) is 3.09. The molecule has 0 radical (unpaired) electrons. The number of pyridine rings is 1. The second kappa shape index (κ2) is 8.21. The molecule has 3 heterocycles. The number of nitrogens with zero attached hydrogens (tertiary/aromatic N) is 3. The van der Waals surface area contributed by atoms with E-state index in [4.69, 9.17) is 16.7 Å². The molecule has 0 unspecified atom stereocenters. The highest BCUT2D eigenvalue weighted by atomic mass is 35.5. The normalized spacial score (nSPS) is 15.2. The molecule has 2 N–H and O–H groups in total. The lowest BCUT2D eigenvalue weighted by atomic mass is 9.88. The lowest BCUT2D eigenvalue weighted by Gasteiger charge is -2.25. The third kappa shape index (κ3) is 3.76. The van der Waals surface area contributed by atoms with E-state index < -0.39 is 0 Å². The topological polar surface area (TPSA) is 63.0 Å². The zero-order valence-corrected chi connectivity index (χ0v) is 15.9. The van der Waals surface area contributed by atoms with Gasteiger partial charge < -0.3 is 10.4 Å². The van der Waals surface area contributed by atoms with E-state index in [-0.39, 0.29) is 6.61 Å². The lowest BCUT2D eigenvalue weighted by molar-refractivity contribution is 0.264. The van der Waals surface area contributed by atoms with Crippen LogP contribution >= 0.6 is 11.6 Å². The number of benzene rings is 1. The lowest BCUT2D eigenvalue weighted by Crippen LogP contribution is -2.28. The van der Waals surface area contributed by atoms with Crippen LogP contribution in [0.1, 0.15) is 24.5 Å². The maximum absolute atomic E-state index is 9.62. The monoisotopic (exact) mass is 382 g/mol. The van der Waals surface area contributed by atoms with Crippen molar-refractivity contribution in [3.63, 3.8) is 0 Å². The minimum Gasteiger partial charge on any atom is -0.394 e. The number of aliphatic hydroxyl groups is 1. The van der Waals surface area contributed by atoms with Gasteiger partial charge in [-0.1, -0.05) is 23.7 Å². The van der Waals surface area contributed by atoms with E-state index in [1.54, 1.807) is 0 Å². The standard InChI is InChI=1S/C21H23ClN4O/c22-18-3-1-16(2-4-18)20-19(15-5-9-23-10-6-15)21(26(25-20)13-14-27)17-7-11-24-12-8-17/h1-6,9-10,17,24,27H,7-8,11-14H2. The van der Waals surface area contributed by atoms with Crippen LogP contribution in [-0.4, -0.2) is 39.6 Å². The van der Waals surface area contributed by atoms with E-state index in [1.807, 2.05) is 53.5 Å². The van der Waals surface area contributed by atoms with Gasteiger partial charge in [0.2, 0.25) is 0 Å². The molecule has 0 aliphatic carbocycles. The van der Waals surface area contributed by atoms with E-state index >= 15 is 0 Å². The van der Waals surface area contributed by atoms with Crippen LogP contribution in [0.3, 0.4) is 0 Å². The predicted molar refractivity (Wildman–Crippen MR) is 108 cm³/mol. The summed E-state index contributed by atoms with van der Waals surface area (Å²) in [7, 11) is 0.